The summed E-state index contributed by atoms with van der Waals surface area (Å²) < 4.78 is 8.34. The topological polar surface area (TPSA) is 102 Å². The van der Waals surface area contributed by atoms with Gasteiger partial charge in [-0.15, -0.1) is 0 Å². The van der Waals surface area contributed by atoms with E-state index in [1.54, 1.807) is 6.33 Å². The molecule has 0 aliphatic carbocycles. The van der Waals surface area contributed by atoms with Crippen molar-refractivity contribution in [3.8, 4) is 17.1 Å². The summed E-state index contributed by atoms with van der Waals surface area (Å²) in [6.07, 6.45) is 4.34. The van der Waals surface area contributed by atoms with Gasteiger partial charge in [0.15, 0.2) is 0 Å². The maximum atomic E-state index is 11.9. The van der Waals surface area contributed by atoms with Gasteiger partial charge in [-0.25, -0.2) is 9.97 Å². The number of hydrogen-bond donors (Lipinski definition) is 2. The number of primary amides is 1. The number of carbonyl (C=O) groups is 1. The van der Waals surface area contributed by atoms with Crippen LogP contribution in [0.3, 0.4) is 0 Å². The SMILES string of the molecule is NC(=O)C1CCCN1c1cc2c3c(c1)nc(-c1ccc4[nH]cnc4c1)n3CCCO2. The average molecular weight is 402 g/mol. The van der Waals surface area contributed by atoms with Gasteiger partial charge in [-0.2, -0.15) is 0 Å². The summed E-state index contributed by atoms with van der Waals surface area (Å²) in [5.41, 5.74) is 11.4. The second-order valence-electron chi connectivity index (χ2n) is 7.99. The number of carbonyl (C=O) groups excluding carboxylic acids is 1. The Labute approximate surface area is 172 Å². The minimum absolute atomic E-state index is 0.274. The van der Waals surface area contributed by atoms with Crippen molar-refractivity contribution >= 4 is 33.7 Å². The number of anilines is 1. The average Bonchev–Trinajstić information content (AvgIpc) is 3.45. The van der Waals surface area contributed by atoms with Gasteiger partial charge < -0.3 is 24.9 Å². The molecule has 4 aromatic rings. The van der Waals surface area contributed by atoms with Gasteiger partial charge in [0.2, 0.25) is 5.91 Å². The summed E-state index contributed by atoms with van der Waals surface area (Å²) >= 11 is 0. The maximum absolute atomic E-state index is 11.9. The number of benzene rings is 2. The zero-order valence-electron chi connectivity index (χ0n) is 16.5. The van der Waals surface area contributed by atoms with Crippen molar-refractivity contribution in [2.75, 3.05) is 18.1 Å². The lowest BCUT2D eigenvalue weighted by molar-refractivity contribution is -0.119. The molecule has 1 unspecified atom stereocenters. The molecule has 1 saturated heterocycles. The van der Waals surface area contributed by atoms with Crippen molar-refractivity contribution in [2.45, 2.75) is 31.8 Å². The molecule has 1 amide bonds. The summed E-state index contributed by atoms with van der Waals surface area (Å²) in [6.45, 7) is 2.30. The van der Waals surface area contributed by atoms with E-state index in [-0.39, 0.29) is 11.9 Å². The highest BCUT2D eigenvalue weighted by atomic mass is 16.5. The van der Waals surface area contributed by atoms with Crippen LogP contribution in [0.1, 0.15) is 19.3 Å². The van der Waals surface area contributed by atoms with E-state index >= 15 is 0 Å². The van der Waals surface area contributed by atoms with Gasteiger partial charge in [0.05, 0.1) is 29.5 Å². The van der Waals surface area contributed by atoms with E-state index in [4.69, 9.17) is 15.5 Å². The summed E-state index contributed by atoms with van der Waals surface area (Å²) in [6, 6.07) is 9.98. The predicted octanol–water partition coefficient (Wildman–Crippen LogP) is 2.82. The standard InChI is InChI=1S/C22H22N6O2/c23-21(29)18-3-1-6-27(18)14-10-17-20-19(11-14)30-8-2-7-28(20)22(26-17)13-4-5-15-16(9-13)25-12-24-15/h4-5,9-12,18H,1-3,6-8H2,(H2,23,29)(H,24,25). The summed E-state index contributed by atoms with van der Waals surface area (Å²) in [5, 5.41) is 0. The number of ether oxygens (including phenoxy) is 1. The molecule has 2 aromatic heterocycles. The van der Waals surface area contributed by atoms with Crippen molar-refractivity contribution in [1.29, 1.82) is 0 Å². The van der Waals surface area contributed by atoms with E-state index < -0.39 is 0 Å². The van der Waals surface area contributed by atoms with Crippen LogP contribution >= 0.6 is 0 Å². The molecule has 30 heavy (non-hydrogen) atoms. The van der Waals surface area contributed by atoms with Crippen molar-refractivity contribution in [3.63, 3.8) is 0 Å². The van der Waals surface area contributed by atoms with E-state index in [0.717, 1.165) is 77.2 Å². The number of rotatable bonds is 3. The lowest BCUT2D eigenvalue weighted by Gasteiger charge is -2.25. The van der Waals surface area contributed by atoms with Crippen molar-refractivity contribution < 1.29 is 9.53 Å². The lowest BCUT2D eigenvalue weighted by Crippen LogP contribution is -2.40. The minimum Gasteiger partial charge on any atom is -0.491 e. The van der Waals surface area contributed by atoms with E-state index in [9.17, 15) is 4.79 Å². The summed E-state index contributed by atoms with van der Waals surface area (Å²) in [4.78, 5) is 26.5. The van der Waals surface area contributed by atoms with E-state index in [1.807, 2.05) is 12.1 Å². The molecule has 6 rings (SSSR count). The van der Waals surface area contributed by atoms with Gasteiger partial charge in [-0.3, -0.25) is 4.79 Å². The van der Waals surface area contributed by atoms with Crippen LogP contribution in [0.2, 0.25) is 0 Å². The molecular weight excluding hydrogens is 380 g/mol. The van der Waals surface area contributed by atoms with Crippen LogP contribution in [-0.4, -0.2) is 44.6 Å². The zero-order valence-corrected chi connectivity index (χ0v) is 16.5. The van der Waals surface area contributed by atoms with Gasteiger partial charge in [0.25, 0.3) is 0 Å². The number of imidazole rings is 2. The fourth-order valence-electron chi connectivity index (χ4n) is 4.78. The second kappa shape index (κ2) is 6.48. The second-order valence-corrected chi connectivity index (χ2v) is 7.99. The van der Waals surface area contributed by atoms with Crippen LogP contribution < -0.4 is 15.4 Å². The molecule has 0 saturated carbocycles. The number of nitrogens with one attached hydrogen (secondary N) is 1. The number of nitrogens with two attached hydrogens (primary N) is 1. The molecule has 1 fully saturated rings. The highest BCUT2D eigenvalue weighted by molar-refractivity contribution is 5.92. The number of nitrogens with zero attached hydrogens (tertiary/aromatic N) is 4. The Morgan fingerprint density at radius 2 is 2.10 bits per heavy atom. The number of aryl methyl sites for hydroxylation is 1. The third kappa shape index (κ3) is 2.56. The Kier molecular flexibility index (Phi) is 3.74. The van der Waals surface area contributed by atoms with Crippen LogP contribution in [0.15, 0.2) is 36.7 Å². The predicted molar refractivity (Wildman–Crippen MR) is 114 cm³/mol. The first-order valence-electron chi connectivity index (χ1n) is 10.4. The van der Waals surface area contributed by atoms with Gasteiger partial charge >= 0.3 is 0 Å². The highest BCUT2D eigenvalue weighted by Crippen LogP contribution is 2.38. The molecule has 2 aliphatic heterocycles. The molecule has 0 radical (unpaired) electrons. The Hall–Kier alpha value is -3.55. The highest BCUT2D eigenvalue weighted by Gasteiger charge is 2.31. The number of hydrogen-bond acceptors (Lipinski definition) is 5. The Morgan fingerprint density at radius 1 is 1.17 bits per heavy atom. The fraction of sp³-hybridized carbons (Fsp3) is 0.318. The summed E-state index contributed by atoms with van der Waals surface area (Å²) in [5.74, 6) is 1.44. The van der Waals surface area contributed by atoms with E-state index in [0.29, 0.717) is 6.61 Å². The van der Waals surface area contributed by atoms with Gasteiger partial charge in [0.1, 0.15) is 23.1 Å². The molecule has 3 N–H and O–H groups in total. The number of aromatic nitrogens is 4. The van der Waals surface area contributed by atoms with Crippen molar-refractivity contribution in [1.82, 2.24) is 19.5 Å². The molecule has 4 heterocycles. The molecule has 152 valence electrons. The first kappa shape index (κ1) is 17.3. The van der Waals surface area contributed by atoms with Crippen LogP contribution in [-0.2, 0) is 11.3 Å². The quantitative estimate of drug-likeness (QED) is 0.549. The van der Waals surface area contributed by atoms with Crippen molar-refractivity contribution in [2.24, 2.45) is 5.73 Å². The lowest BCUT2D eigenvalue weighted by atomic mass is 10.2. The normalized spacial score (nSPS) is 18.7. The van der Waals surface area contributed by atoms with E-state index in [1.165, 1.54) is 0 Å². The monoisotopic (exact) mass is 402 g/mol. The number of fused-ring (bicyclic) bond motifs is 1. The largest absolute Gasteiger partial charge is 0.491 e. The Morgan fingerprint density at radius 3 is 3.00 bits per heavy atom. The molecule has 2 aromatic carbocycles. The van der Waals surface area contributed by atoms with Gasteiger partial charge in [0, 0.05) is 30.4 Å². The zero-order chi connectivity index (χ0) is 20.2. The summed E-state index contributed by atoms with van der Waals surface area (Å²) in [7, 11) is 0. The molecular formula is C22H22N6O2. The minimum atomic E-state index is -0.280. The third-order valence-electron chi connectivity index (χ3n) is 6.17. The number of aromatic amines is 1. The van der Waals surface area contributed by atoms with Gasteiger partial charge in [-0.05, 0) is 43.5 Å². The number of H-pyrrole nitrogens is 1. The Balaban J connectivity index is 1.53. The van der Waals surface area contributed by atoms with Gasteiger partial charge in [-0.1, -0.05) is 0 Å². The van der Waals surface area contributed by atoms with Crippen LogP contribution in [0.25, 0.3) is 33.5 Å². The smallest absolute Gasteiger partial charge is 0.240 e. The maximum Gasteiger partial charge on any atom is 0.240 e. The fourth-order valence-corrected chi connectivity index (χ4v) is 4.78. The molecule has 0 bridgehead atoms. The molecule has 2 aliphatic rings. The number of amides is 1. The van der Waals surface area contributed by atoms with Crippen LogP contribution in [0, 0.1) is 0 Å². The first-order chi connectivity index (χ1) is 14.7. The first-order valence-corrected chi connectivity index (χ1v) is 10.4. The molecule has 8 nitrogen and oxygen atoms in total. The molecule has 8 heteroatoms. The van der Waals surface area contributed by atoms with Crippen LogP contribution in [0.5, 0.6) is 5.75 Å². The van der Waals surface area contributed by atoms with Crippen LogP contribution in [0.4, 0.5) is 5.69 Å². The van der Waals surface area contributed by atoms with Crippen molar-refractivity contribution in [3.05, 3.63) is 36.7 Å². The Bertz CT molecular complexity index is 1290. The third-order valence-corrected chi connectivity index (χ3v) is 6.17. The molecule has 0 spiro atoms. The van der Waals surface area contributed by atoms with E-state index in [2.05, 4.69) is 37.6 Å². The molecule has 1 atom stereocenters.